The Kier molecular flexibility index (Phi) is 6.61. The molecule has 1 N–H and O–H groups in total. The van der Waals surface area contributed by atoms with E-state index in [1.165, 1.54) is 12.0 Å². The van der Waals surface area contributed by atoms with Crippen LogP contribution >= 0.6 is 0 Å². The molecule has 3 saturated carbocycles. The van der Waals surface area contributed by atoms with E-state index >= 15 is 0 Å². The number of allylic oxidation sites excluding steroid dienone is 1. The van der Waals surface area contributed by atoms with Gasteiger partial charge >= 0.3 is 0 Å². The van der Waals surface area contributed by atoms with E-state index < -0.39 is 0 Å². The number of rotatable bonds is 7. The third-order valence-electron chi connectivity index (χ3n) is 10.8. The van der Waals surface area contributed by atoms with Crippen molar-refractivity contribution < 1.29 is 19.4 Å². The molecule has 0 aliphatic heterocycles. The van der Waals surface area contributed by atoms with Crippen LogP contribution in [0, 0.1) is 34.5 Å². The minimum Gasteiger partial charge on any atom is -0.497 e. The highest BCUT2D eigenvalue weighted by Crippen LogP contribution is 2.66. The van der Waals surface area contributed by atoms with Crippen LogP contribution in [0.15, 0.2) is 42.1 Å². The fraction of sp³-hybridized carbons (Fsp3) is 0.645. The quantitative estimate of drug-likeness (QED) is 0.495. The topological polar surface area (TPSA) is 86.5 Å². The van der Waals surface area contributed by atoms with Crippen molar-refractivity contribution in [3.8, 4) is 11.5 Å². The van der Waals surface area contributed by atoms with Gasteiger partial charge < -0.3 is 14.6 Å². The van der Waals surface area contributed by atoms with Gasteiger partial charge in [-0.05, 0) is 104 Å². The summed E-state index contributed by atoms with van der Waals surface area (Å²) in [6, 6.07) is 7.44. The summed E-state index contributed by atoms with van der Waals surface area (Å²) >= 11 is 0. The Balaban J connectivity index is 1.10. The fourth-order valence-electron chi connectivity index (χ4n) is 8.75. The van der Waals surface area contributed by atoms with Crippen LogP contribution in [0.4, 0.5) is 0 Å². The highest BCUT2D eigenvalue weighted by molar-refractivity contribution is 5.82. The molecule has 4 aliphatic carbocycles. The van der Waals surface area contributed by atoms with Gasteiger partial charge in [-0.1, -0.05) is 30.7 Å². The number of Topliss-reactive ketones (excluding diaryl/α,β-unsaturated/α-hetero) is 1. The average Bonchev–Trinajstić information content (AvgIpc) is 3.51. The predicted molar refractivity (Wildman–Crippen MR) is 144 cm³/mol. The van der Waals surface area contributed by atoms with Crippen LogP contribution in [-0.4, -0.2) is 39.1 Å². The lowest BCUT2D eigenvalue weighted by molar-refractivity contribution is -0.130. The van der Waals surface area contributed by atoms with Crippen molar-refractivity contribution in [2.75, 3.05) is 7.11 Å². The number of nitrogens with zero attached hydrogens (tertiary/aromatic N) is 3. The summed E-state index contributed by atoms with van der Waals surface area (Å²) in [4.78, 5) is 13.6. The minimum atomic E-state index is -0.167. The summed E-state index contributed by atoms with van der Waals surface area (Å²) in [7, 11) is 1.64. The number of ketones is 1. The van der Waals surface area contributed by atoms with Crippen molar-refractivity contribution in [2.24, 2.45) is 34.5 Å². The number of benzene rings is 1. The lowest BCUT2D eigenvalue weighted by Crippen LogP contribution is -2.51. The van der Waals surface area contributed by atoms with E-state index in [1.807, 2.05) is 30.5 Å². The number of carbonyl (C=O) groups excluding carboxylic acids is 1. The summed E-state index contributed by atoms with van der Waals surface area (Å²) in [5, 5.41) is 18.7. The largest absolute Gasteiger partial charge is 0.497 e. The third kappa shape index (κ3) is 4.37. The Morgan fingerprint density at radius 1 is 1.08 bits per heavy atom. The molecule has 0 radical (unpaired) electrons. The Morgan fingerprint density at radius 3 is 2.66 bits per heavy atom. The highest BCUT2D eigenvalue weighted by Gasteiger charge is 2.59. The molecular formula is C31H41N3O4. The first kappa shape index (κ1) is 25.6. The molecule has 7 nitrogen and oxygen atoms in total. The molecule has 6 rings (SSSR count). The number of aliphatic hydroxyl groups excluding tert-OH is 1. The minimum absolute atomic E-state index is 0.0645. The lowest BCUT2D eigenvalue weighted by Gasteiger charge is -2.57. The zero-order chi connectivity index (χ0) is 26.5. The van der Waals surface area contributed by atoms with Gasteiger partial charge in [0.15, 0.2) is 5.78 Å². The molecule has 4 aliphatic rings. The molecule has 1 unspecified atom stereocenters. The van der Waals surface area contributed by atoms with Crippen LogP contribution in [0.1, 0.15) is 70.9 Å². The summed E-state index contributed by atoms with van der Waals surface area (Å²) in [6.45, 7) is 5.43. The first-order chi connectivity index (χ1) is 18.3. The van der Waals surface area contributed by atoms with E-state index in [0.29, 0.717) is 35.8 Å². The van der Waals surface area contributed by atoms with Crippen molar-refractivity contribution >= 4 is 5.78 Å². The SMILES string of the molecule is COc1ccc(OCc2cn(CC(=O)[C@H]3CC[C@H]4[C@@H]5CC=C6CC(O)CC[C@]6(C)[C@H]5CC[C@]34C)nn2)cc1. The summed E-state index contributed by atoms with van der Waals surface area (Å²) in [6.07, 6.45) is 12.6. The van der Waals surface area contributed by atoms with Crippen LogP contribution in [0.25, 0.3) is 0 Å². The fourth-order valence-corrected chi connectivity index (χ4v) is 8.75. The lowest BCUT2D eigenvalue weighted by atomic mass is 9.47. The van der Waals surface area contributed by atoms with Gasteiger partial charge in [-0.3, -0.25) is 4.79 Å². The second kappa shape index (κ2) is 9.82. The van der Waals surface area contributed by atoms with Crippen molar-refractivity contribution in [3.63, 3.8) is 0 Å². The van der Waals surface area contributed by atoms with Crippen LogP contribution in [0.2, 0.25) is 0 Å². The average molecular weight is 520 g/mol. The summed E-state index contributed by atoms with van der Waals surface area (Å²) < 4.78 is 12.7. The smallest absolute Gasteiger partial charge is 0.157 e. The van der Waals surface area contributed by atoms with Gasteiger partial charge in [-0.2, -0.15) is 0 Å². The zero-order valence-electron chi connectivity index (χ0n) is 22.9. The number of methoxy groups -OCH3 is 1. The molecule has 2 aromatic rings. The predicted octanol–water partition coefficient (Wildman–Crippen LogP) is 5.37. The van der Waals surface area contributed by atoms with Gasteiger partial charge in [-0.25, -0.2) is 4.68 Å². The van der Waals surface area contributed by atoms with Gasteiger partial charge in [0.1, 0.15) is 30.3 Å². The van der Waals surface area contributed by atoms with Crippen molar-refractivity contribution in [3.05, 3.63) is 47.8 Å². The molecule has 3 fully saturated rings. The number of hydrogen-bond donors (Lipinski definition) is 1. The highest BCUT2D eigenvalue weighted by atomic mass is 16.5. The van der Waals surface area contributed by atoms with Crippen molar-refractivity contribution in [1.29, 1.82) is 0 Å². The third-order valence-corrected chi connectivity index (χ3v) is 10.8. The molecule has 0 amide bonds. The molecule has 1 aromatic heterocycles. The molecule has 0 saturated heterocycles. The number of carbonyl (C=O) groups is 1. The van der Waals surface area contributed by atoms with E-state index in [1.54, 1.807) is 11.8 Å². The molecule has 1 aromatic carbocycles. The molecule has 7 heteroatoms. The maximum absolute atomic E-state index is 13.6. The van der Waals surface area contributed by atoms with Gasteiger partial charge in [0.2, 0.25) is 0 Å². The standard InChI is InChI=1S/C31H41N3O4/c1-30-14-12-22(35)16-20(30)4-9-25-26-10-11-28(31(26,2)15-13-27(25)30)29(36)18-34-17-21(32-33-34)19-38-24-7-5-23(37-3)6-8-24/h4-8,17,22,25-28,35H,9-16,18-19H2,1-3H3/t22?,25-,26-,27-,28+,30-,31-/m0/s1. The Labute approximate surface area is 225 Å². The van der Waals surface area contributed by atoms with Crippen molar-refractivity contribution in [1.82, 2.24) is 15.0 Å². The first-order valence-corrected chi connectivity index (χ1v) is 14.4. The number of ether oxygens (including phenoxy) is 2. The van der Waals surface area contributed by atoms with Gasteiger partial charge in [0, 0.05) is 5.92 Å². The monoisotopic (exact) mass is 519 g/mol. The molecule has 1 heterocycles. The van der Waals surface area contributed by atoms with Crippen LogP contribution in [-0.2, 0) is 17.9 Å². The Bertz CT molecular complexity index is 1210. The van der Waals surface area contributed by atoms with Gasteiger partial charge in [-0.15, -0.1) is 5.10 Å². The number of aliphatic hydroxyl groups is 1. The number of fused-ring (bicyclic) bond motifs is 5. The molecule has 204 valence electrons. The Morgan fingerprint density at radius 2 is 1.87 bits per heavy atom. The second-order valence-electron chi connectivity index (χ2n) is 12.7. The normalized spacial score (nSPS) is 36.0. The van der Waals surface area contributed by atoms with E-state index in [-0.39, 0.29) is 29.4 Å². The van der Waals surface area contributed by atoms with E-state index in [0.717, 1.165) is 56.4 Å². The summed E-state index contributed by atoms with van der Waals surface area (Å²) in [5.74, 6) is 3.84. The molecule has 7 atom stereocenters. The molecule has 0 bridgehead atoms. The van der Waals surface area contributed by atoms with Crippen molar-refractivity contribution in [2.45, 2.75) is 84.5 Å². The molecule has 38 heavy (non-hydrogen) atoms. The maximum atomic E-state index is 13.6. The van der Waals surface area contributed by atoms with Crippen LogP contribution in [0.5, 0.6) is 11.5 Å². The number of aromatic nitrogens is 3. The van der Waals surface area contributed by atoms with E-state index in [2.05, 4.69) is 30.2 Å². The van der Waals surface area contributed by atoms with Gasteiger partial charge in [0.05, 0.1) is 19.4 Å². The van der Waals surface area contributed by atoms with Crippen LogP contribution < -0.4 is 9.47 Å². The molecular weight excluding hydrogens is 478 g/mol. The van der Waals surface area contributed by atoms with Gasteiger partial charge in [0.25, 0.3) is 0 Å². The second-order valence-corrected chi connectivity index (χ2v) is 12.7. The molecule has 0 spiro atoms. The zero-order valence-corrected chi connectivity index (χ0v) is 22.9. The van der Waals surface area contributed by atoms with E-state index in [4.69, 9.17) is 9.47 Å². The van der Waals surface area contributed by atoms with E-state index in [9.17, 15) is 9.90 Å². The summed E-state index contributed by atoms with van der Waals surface area (Å²) in [5.41, 5.74) is 2.51. The van der Waals surface area contributed by atoms with Crippen LogP contribution in [0.3, 0.4) is 0 Å². The Hall–Kier alpha value is -2.67. The first-order valence-electron chi connectivity index (χ1n) is 14.4. The maximum Gasteiger partial charge on any atom is 0.157 e. The number of hydrogen-bond acceptors (Lipinski definition) is 6.